The normalized spacial score (nSPS) is 14.2. The maximum absolute atomic E-state index is 12.7. The number of hydrogen-bond donors (Lipinski definition) is 0. The van der Waals surface area contributed by atoms with Gasteiger partial charge >= 0.3 is 0 Å². The Balaban J connectivity index is 1.56. The van der Waals surface area contributed by atoms with Gasteiger partial charge in [-0.25, -0.2) is 0 Å². The number of rotatable bonds is 4. The van der Waals surface area contributed by atoms with Crippen molar-refractivity contribution >= 4 is 11.8 Å². The Labute approximate surface area is 160 Å². The van der Waals surface area contributed by atoms with Crippen LogP contribution in [0.15, 0.2) is 42.5 Å². The molecule has 1 aliphatic rings. The Morgan fingerprint density at radius 2 is 1.56 bits per heavy atom. The smallest absolute Gasteiger partial charge is 0.253 e. The van der Waals surface area contributed by atoms with Gasteiger partial charge in [0.2, 0.25) is 5.91 Å². The molecule has 2 aromatic carbocycles. The van der Waals surface area contributed by atoms with E-state index in [2.05, 4.69) is 0 Å². The number of hydrogen-bond acceptors (Lipinski definition) is 3. The number of methoxy groups -OCH3 is 1. The molecule has 0 spiro atoms. The molecule has 1 aliphatic heterocycles. The molecule has 0 saturated carbocycles. The SMILES string of the molecule is COc1ccc(C(=O)N2CCN(C(=O)Cc3ccc(C)cc3)CC2)cc1C. The number of piperazine rings is 1. The second-order valence-corrected chi connectivity index (χ2v) is 7.02. The third-order valence-electron chi connectivity index (χ3n) is 5.04. The molecule has 0 N–H and O–H groups in total. The van der Waals surface area contributed by atoms with E-state index in [1.807, 2.05) is 60.0 Å². The fourth-order valence-electron chi connectivity index (χ4n) is 3.35. The minimum Gasteiger partial charge on any atom is -0.496 e. The maximum atomic E-state index is 12.7. The van der Waals surface area contributed by atoms with Gasteiger partial charge in [0.15, 0.2) is 0 Å². The Morgan fingerprint density at radius 3 is 2.15 bits per heavy atom. The quantitative estimate of drug-likeness (QED) is 0.836. The molecule has 2 amide bonds. The van der Waals surface area contributed by atoms with Gasteiger partial charge in [0, 0.05) is 31.7 Å². The molecule has 0 atom stereocenters. The molecule has 5 heteroatoms. The van der Waals surface area contributed by atoms with Crippen LogP contribution in [0.5, 0.6) is 5.75 Å². The van der Waals surface area contributed by atoms with Crippen LogP contribution in [0.4, 0.5) is 0 Å². The van der Waals surface area contributed by atoms with Gasteiger partial charge in [-0.1, -0.05) is 29.8 Å². The third kappa shape index (κ3) is 4.48. The van der Waals surface area contributed by atoms with E-state index in [9.17, 15) is 9.59 Å². The average Bonchev–Trinajstić information content (AvgIpc) is 2.69. The van der Waals surface area contributed by atoms with Crippen LogP contribution in [0.2, 0.25) is 0 Å². The third-order valence-corrected chi connectivity index (χ3v) is 5.04. The van der Waals surface area contributed by atoms with Crippen molar-refractivity contribution in [1.29, 1.82) is 0 Å². The fourth-order valence-corrected chi connectivity index (χ4v) is 3.35. The van der Waals surface area contributed by atoms with E-state index in [0.29, 0.717) is 38.2 Å². The predicted octanol–water partition coefficient (Wildman–Crippen LogP) is 2.84. The lowest BCUT2D eigenvalue weighted by atomic mass is 10.1. The standard InChI is InChI=1S/C22H26N2O3/c1-16-4-6-18(7-5-16)15-21(25)23-10-12-24(13-11-23)22(26)19-8-9-20(27-3)17(2)14-19/h4-9,14H,10-13,15H2,1-3H3. The van der Waals surface area contributed by atoms with Gasteiger partial charge in [-0.15, -0.1) is 0 Å². The van der Waals surface area contributed by atoms with Gasteiger partial charge in [-0.05, 0) is 43.2 Å². The molecule has 3 rings (SSSR count). The van der Waals surface area contributed by atoms with Crippen LogP contribution < -0.4 is 4.74 Å². The zero-order valence-electron chi connectivity index (χ0n) is 16.2. The summed E-state index contributed by atoms with van der Waals surface area (Å²) in [7, 11) is 1.62. The van der Waals surface area contributed by atoms with Crippen molar-refractivity contribution in [2.45, 2.75) is 20.3 Å². The Kier molecular flexibility index (Phi) is 5.79. The van der Waals surface area contributed by atoms with Gasteiger partial charge in [0.25, 0.3) is 5.91 Å². The topological polar surface area (TPSA) is 49.9 Å². The minimum atomic E-state index is 0.00591. The van der Waals surface area contributed by atoms with Crippen molar-refractivity contribution in [2.75, 3.05) is 33.3 Å². The predicted molar refractivity (Wildman–Crippen MR) is 105 cm³/mol. The minimum absolute atomic E-state index is 0.00591. The molecule has 0 radical (unpaired) electrons. The highest BCUT2D eigenvalue weighted by Crippen LogP contribution is 2.20. The Hall–Kier alpha value is -2.82. The average molecular weight is 366 g/mol. The molecular formula is C22H26N2O3. The van der Waals surface area contributed by atoms with E-state index in [0.717, 1.165) is 16.9 Å². The van der Waals surface area contributed by atoms with Crippen LogP contribution >= 0.6 is 0 Å². The molecule has 0 bridgehead atoms. The highest BCUT2D eigenvalue weighted by Gasteiger charge is 2.25. The molecule has 0 aliphatic carbocycles. The highest BCUT2D eigenvalue weighted by atomic mass is 16.5. The first kappa shape index (κ1) is 19.0. The molecular weight excluding hydrogens is 340 g/mol. The van der Waals surface area contributed by atoms with Crippen molar-refractivity contribution < 1.29 is 14.3 Å². The van der Waals surface area contributed by atoms with Crippen molar-refractivity contribution in [3.05, 3.63) is 64.7 Å². The Bertz CT molecular complexity index is 822. The molecule has 2 aromatic rings. The number of carbonyl (C=O) groups is 2. The summed E-state index contributed by atoms with van der Waals surface area (Å²) in [6.07, 6.45) is 0.409. The summed E-state index contributed by atoms with van der Waals surface area (Å²) in [4.78, 5) is 28.9. The number of aryl methyl sites for hydroxylation is 2. The van der Waals surface area contributed by atoms with E-state index in [-0.39, 0.29) is 11.8 Å². The molecule has 1 heterocycles. The van der Waals surface area contributed by atoms with E-state index >= 15 is 0 Å². The first-order chi connectivity index (χ1) is 13.0. The summed E-state index contributed by atoms with van der Waals surface area (Å²) in [5, 5.41) is 0. The molecule has 0 aromatic heterocycles. The molecule has 0 unspecified atom stereocenters. The summed E-state index contributed by atoms with van der Waals surface area (Å²) in [6.45, 7) is 6.23. The monoisotopic (exact) mass is 366 g/mol. The van der Waals surface area contributed by atoms with Crippen LogP contribution in [-0.4, -0.2) is 54.9 Å². The number of carbonyl (C=O) groups excluding carboxylic acids is 2. The first-order valence-corrected chi connectivity index (χ1v) is 9.25. The van der Waals surface area contributed by atoms with Gasteiger partial charge in [0.1, 0.15) is 5.75 Å². The second kappa shape index (κ2) is 8.25. The van der Waals surface area contributed by atoms with Crippen molar-refractivity contribution in [3.8, 4) is 5.75 Å². The van der Waals surface area contributed by atoms with Crippen molar-refractivity contribution in [3.63, 3.8) is 0 Å². The molecule has 27 heavy (non-hydrogen) atoms. The summed E-state index contributed by atoms with van der Waals surface area (Å²) < 4.78 is 5.25. The Morgan fingerprint density at radius 1 is 0.926 bits per heavy atom. The zero-order valence-corrected chi connectivity index (χ0v) is 16.2. The summed E-state index contributed by atoms with van der Waals surface area (Å²) in [5.41, 5.74) is 3.81. The van der Waals surface area contributed by atoms with Crippen molar-refractivity contribution in [1.82, 2.24) is 9.80 Å². The number of amides is 2. The van der Waals surface area contributed by atoms with E-state index < -0.39 is 0 Å². The maximum Gasteiger partial charge on any atom is 0.253 e. The zero-order chi connectivity index (χ0) is 19.4. The van der Waals surface area contributed by atoms with Crippen LogP contribution in [0.3, 0.4) is 0 Å². The molecule has 1 fully saturated rings. The number of nitrogens with zero attached hydrogens (tertiary/aromatic N) is 2. The van der Waals surface area contributed by atoms with Gasteiger partial charge in [0.05, 0.1) is 13.5 Å². The number of ether oxygens (including phenoxy) is 1. The largest absolute Gasteiger partial charge is 0.496 e. The van der Waals surface area contributed by atoms with E-state index in [4.69, 9.17) is 4.74 Å². The number of benzene rings is 2. The second-order valence-electron chi connectivity index (χ2n) is 7.02. The summed E-state index contributed by atoms with van der Waals surface area (Å²) in [6, 6.07) is 13.5. The lowest BCUT2D eigenvalue weighted by Gasteiger charge is -2.35. The van der Waals surface area contributed by atoms with Gasteiger partial charge in [-0.2, -0.15) is 0 Å². The van der Waals surface area contributed by atoms with Crippen LogP contribution in [0.1, 0.15) is 27.0 Å². The van der Waals surface area contributed by atoms with Gasteiger partial charge in [-0.3, -0.25) is 9.59 Å². The highest BCUT2D eigenvalue weighted by molar-refractivity contribution is 5.94. The van der Waals surface area contributed by atoms with Crippen LogP contribution in [0, 0.1) is 13.8 Å². The molecule has 5 nitrogen and oxygen atoms in total. The molecule has 1 saturated heterocycles. The van der Waals surface area contributed by atoms with E-state index in [1.54, 1.807) is 13.2 Å². The first-order valence-electron chi connectivity index (χ1n) is 9.25. The van der Waals surface area contributed by atoms with E-state index in [1.165, 1.54) is 5.56 Å². The summed E-state index contributed by atoms with van der Waals surface area (Å²) >= 11 is 0. The molecule has 142 valence electrons. The van der Waals surface area contributed by atoms with Crippen LogP contribution in [-0.2, 0) is 11.2 Å². The van der Waals surface area contributed by atoms with Crippen molar-refractivity contribution in [2.24, 2.45) is 0 Å². The van der Waals surface area contributed by atoms with Gasteiger partial charge < -0.3 is 14.5 Å². The lowest BCUT2D eigenvalue weighted by Crippen LogP contribution is -2.51. The lowest BCUT2D eigenvalue weighted by molar-refractivity contribution is -0.131. The fraction of sp³-hybridized carbons (Fsp3) is 0.364. The van der Waals surface area contributed by atoms with Crippen LogP contribution in [0.25, 0.3) is 0 Å². The summed E-state index contributed by atoms with van der Waals surface area (Å²) in [5.74, 6) is 0.899.